The zero-order chi connectivity index (χ0) is 14.0. The van der Waals surface area contributed by atoms with E-state index in [1.54, 1.807) is 13.0 Å². The number of anilines is 1. The number of rotatable bonds is 3. The number of nitro groups is 1. The normalized spacial score (nSPS) is 10.2. The van der Waals surface area contributed by atoms with E-state index in [-0.39, 0.29) is 11.3 Å². The highest BCUT2D eigenvalue weighted by Crippen LogP contribution is 2.25. The summed E-state index contributed by atoms with van der Waals surface area (Å²) in [5.74, 6) is -0.0878. The van der Waals surface area contributed by atoms with Crippen LogP contribution in [-0.4, -0.2) is 21.0 Å². The van der Waals surface area contributed by atoms with Crippen molar-refractivity contribution < 1.29 is 9.72 Å². The van der Waals surface area contributed by atoms with Gasteiger partial charge in [-0.15, -0.1) is 0 Å². The minimum absolute atomic E-state index is 0.161. The molecule has 19 heavy (non-hydrogen) atoms. The Bertz CT molecular complexity index is 653. The minimum Gasteiger partial charge on any atom is -0.305 e. The fourth-order valence-electron chi connectivity index (χ4n) is 1.46. The lowest BCUT2D eigenvalue weighted by Crippen LogP contribution is -2.12. The molecule has 0 radical (unpaired) electrons. The molecule has 0 aliphatic carbocycles. The van der Waals surface area contributed by atoms with Crippen molar-refractivity contribution in [2.45, 2.75) is 6.92 Å². The average Bonchev–Trinajstić information content (AvgIpc) is 2.74. The smallest absolute Gasteiger partial charge is 0.284 e. The number of carbonyl (C=O) groups is 1. The highest BCUT2D eigenvalue weighted by Gasteiger charge is 2.16. The number of benzene rings is 1. The molecule has 2 aromatic rings. The summed E-state index contributed by atoms with van der Waals surface area (Å²) in [5, 5.41) is 19.9. The van der Waals surface area contributed by atoms with Crippen LogP contribution >= 0.6 is 15.9 Å². The Morgan fingerprint density at radius 3 is 2.79 bits per heavy atom. The first-order valence-corrected chi connectivity index (χ1v) is 6.04. The SMILES string of the molecule is Cc1cc(NC(=O)c2ccc(Br)c([N+](=O)[O-])c2)n[nH]1. The molecule has 1 amide bonds. The lowest BCUT2D eigenvalue weighted by molar-refractivity contribution is -0.385. The third-order valence-electron chi connectivity index (χ3n) is 2.35. The largest absolute Gasteiger partial charge is 0.305 e. The van der Waals surface area contributed by atoms with E-state index in [1.165, 1.54) is 18.2 Å². The summed E-state index contributed by atoms with van der Waals surface area (Å²) in [5.41, 5.74) is 0.832. The Morgan fingerprint density at radius 2 is 2.21 bits per heavy atom. The summed E-state index contributed by atoms with van der Waals surface area (Å²) in [6, 6.07) is 5.82. The number of amides is 1. The van der Waals surface area contributed by atoms with Crippen molar-refractivity contribution in [2.75, 3.05) is 5.32 Å². The first-order valence-electron chi connectivity index (χ1n) is 5.24. The molecule has 2 N–H and O–H groups in total. The monoisotopic (exact) mass is 324 g/mol. The van der Waals surface area contributed by atoms with Crippen molar-refractivity contribution in [1.29, 1.82) is 0 Å². The first-order chi connectivity index (χ1) is 8.97. The molecule has 0 unspecified atom stereocenters. The number of hydrogen-bond donors (Lipinski definition) is 2. The summed E-state index contributed by atoms with van der Waals surface area (Å²) >= 11 is 3.06. The minimum atomic E-state index is -0.556. The van der Waals surface area contributed by atoms with Crippen molar-refractivity contribution in [3.8, 4) is 0 Å². The maximum atomic E-state index is 11.9. The summed E-state index contributed by atoms with van der Waals surface area (Å²) in [6.45, 7) is 1.80. The molecule has 1 heterocycles. The number of hydrogen-bond acceptors (Lipinski definition) is 4. The van der Waals surface area contributed by atoms with Gasteiger partial charge in [0.2, 0.25) is 0 Å². The van der Waals surface area contributed by atoms with Crippen LogP contribution in [-0.2, 0) is 0 Å². The van der Waals surface area contributed by atoms with E-state index >= 15 is 0 Å². The van der Waals surface area contributed by atoms with Gasteiger partial charge in [0.1, 0.15) is 0 Å². The van der Waals surface area contributed by atoms with E-state index in [4.69, 9.17) is 0 Å². The molecule has 1 aromatic carbocycles. The molecule has 2 rings (SSSR count). The van der Waals surface area contributed by atoms with Gasteiger partial charge in [0.15, 0.2) is 5.82 Å². The average molecular weight is 325 g/mol. The molecule has 1 aromatic heterocycles. The molecule has 7 nitrogen and oxygen atoms in total. The summed E-state index contributed by atoms with van der Waals surface area (Å²) in [7, 11) is 0. The molecular formula is C11H9BrN4O3. The van der Waals surface area contributed by atoms with Crippen LogP contribution in [0.25, 0.3) is 0 Å². The third kappa shape index (κ3) is 2.97. The van der Waals surface area contributed by atoms with E-state index < -0.39 is 10.8 Å². The maximum absolute atomic E-state index is 11.9. The predicted octanol–water partition coefficient (Wildman–Crippen LogP) is 2.64. The molecule has 8 heteroatoms. The van der Waals surface area contributed by atoms with E-state index in [0.717, 1.165) is 5.69 Å². The quantitative estimate of drug-likeness (QED) is 0.669. The molecule has 0 bridgehead atoms. The second-order valence-electron chi connectivity index (χ2n) is 3.81. The number of halogens is 1. The van der Waals surface area contributed by atoms with Crippen molar-refractivity contribution in [3.05, 3.63) is 50.1 Å². The number of nitro benzene ring substituents is 1. The van der Waals surface area contributed by atoms with E-state index in [0.29, 0.717) is 10.3 Å². The van der Waals surface area contributed by atoms with Crippen LogP contribution in [0.5, 0.6) is 0 Å². The summed E-state index contributed by atoms with van der Waals surface area (Å²) in [6.07, 6.45) is 0. The Hall–Kier alpha value is -2.22. The van der Waals surface area contributed by atoms with Crippen LogP contribution in [0.3, 0.4) is 0 Å². The molecular weight excluding hydrogens is 316 g/mol. The Morgan fingerprint density at radius 1 is 1.47 bits per heavy atom. The van der Waals surface area contributed by atoms with Crippen molar-refractivity contribution in [2.24, 2.45) is 0 Å². The topological polar surface area (TPSA) is 101 Å². The van der Waals surface area contributed by atoms with Gasteiger partial charge in [0, 0.05) is 23.4 Å². The van der Waals surface area contributed by atoms with Crippen LogP contribution in [0.4, 0.5) is 11.5 Å². The molecule has 0 aliphatic heterocycles. The number of nitrogens with one attached hydrogen (secondary N) is 2. The predicted molar refractivity (Wildman–Crippen MR) is 72.1 cm³/mol. The number of aromatic nitrogens is 2. The molecule has 0 saturated heterocycles. The third-order valence-corrected chi connectivity index (χ3v) is 3.02. The second kappa shape index (κ2) is 5.19. The van der Waals surface area contributed by atoms with Gasteiger partial charge >= 0.3 is 0 Å². The summed E-state index contributed by atoms with van der Waals surface area (Å²) < 4.78 is 0.324. The molecule has 0 aliphatic rings. The van der Waals surface area contributed by atoms with E-state index in [1.807, 2.05) is 0 Å². The molecule has 98 valence electrons. The van der Waals surface area contributed by atoms with Gasteiger partial charge < -0.3 is 5.32 Å². The molecule has 0 atom stereocenters. The summed E-state index contributed by atoms with van der Waals surface area (Å²) in [4.78, 5) is 22.1. The molecule has 0 saturated carbocycles. The fraction of sp³-hybridized carbons (Fsp3) is 0.0909. The number of carbonyl (C=O) groups excluding carboxylic acids is 1. The van der Waals surface area contributed by atoms with E-state index in [2.05, 4.69) is 31.4 Å². The standard InChI is InChI=1S/C11H9BrN4O3/c1-6-4-10(15-14-6)13-11(17)7-2-3-8(12)9(5-7)16(18)19/h2-5H,1H3,(H2,13,14,15,17). The van der Waals surface area contributed by atoms with Gasteiger partial charge in [-0.25, -0.2) is 0 Å². The van der Waals surface area contributed by atoms with Gasteiger partial charge in [0.25, 0.3) is 11.6 Å². The number of H-pyrrole nitrogens is 1. The maximum Gasteiger partial charge on any atom is 0.284 e. The van der Waals surface area contributed by atoms with Gasteiger partial charge in [-0.1, -0.05) is 0 Å². The van der Waals surface area contributed by atoms with Gasteiger partial charge in [-0.2, -0.15) is 5.10 Å². The van der Waals surface area contributed by atoms with Crippen molar-refractivity contribution >= 4 is 33.3 Å². The van der Waals surface area contributed by atoms with E-state index in [9.17, 15) is 14.9 Å². The Labute approximate surface area is 116 Å². The van der Waals surface area contributed by atoms with Gasteiger partial charge in [-0.3, -0.25) is 20.0 Å². The van der Waals surface area contributed by atoms with Crippen LogP contribution in [0.15, 0.2) is 28.7 Å². The molecule has 0 spiro atoms. The highest BCUT2D eigenvalue weighted by molar-refractivity contribution is 9.10. The number of nitrogens with zero attached hydrogens (tertiary/aromatic N) is 2. The van der Waals surface area contributed by atoms with Crippen LogP contribution in [0.1, 0.15) is 16.1 Å². The van der Waals surface area contributed by atoms with Crippen LogP contribution in [0, 0.1) is 17.0 Å². The van der Waals surface area contributed by atoms with Crippen LogP contribution in [0.2, 0.25) is 0 Å². The first kappa shape index (κ1) is 13.2. The van der Waals surface area contributed by atoms with Crippen molar-refractivity contribution in [3.63, 3.8) is 0 Å². The fourth-order valence-corrected chi connectivity index (χ4v) is 1.86. The lowest BCUT2D eigenvalue weighted by atomic mass is 10.2. The zero-order valence-electron chi connectivity index (χ0n) is 9.81. The number of aromatic amines is 1. The van der Waals surface area contributed by atoms with Gasteiger partial charge in [0.05, 0.1) is 9.40 Å². The molecule has 0 fully saturated rings. The lowest BCUT2D eigenvalue weighted by Gasteiger charge is -2.02. The zero-order valence-corrected chi connectivity index (χ0v) is 11.4. The highest BCUT2D eigenvalue weighted by atomic mass is 79.9. The second-order valence-corrected chi connectivity index (χ2v) is 4.67. The van der Waals surface area contributed by atoms with Crippen molar-refractivity contribution in [1.82, 2.24) is 10.2 Å². The Balaban J connectivity index is 2.24. The van der Waals surface area contributed by atoms with Gasteiger partial charge in [-0.05, 0) is 35.0 Å². The Kier molecular flexibility index (Phi) is 3.61. The number of aryl methyl sites for hydroxylation is 1. The van der Waals surface area contributed by atoms with Crippen LogP contribution < -0.4 is 5.32 Å².